The highest BCUT2D eigenvalue weighted by molar-refractivity contribution is 6.39. The molecule has 2 unspecified atom stereocenters. The predicted octanol–water partition coefficient (Wildman–Crippen LogP) is 1.24. The molecule has 41 heavy (non-hydrogen) atoms. The van der Waals surface area contributed by atoms with Gasteiger partial charge in [-0.2, -0.15) is 0 Å². The van der Waals surface area contributed by atoms with Crippen LogP contribution in [-0.2, 0) is 24.8 Å². The van der Waals surface area contributed by atoms with Crippen molar-refractivity contribution in [1.29, 1.82) is 0 Å². The molecule has 1 saturated heterocycles. The molecule has 4 aliphatic rings. The van der Waals surface area contributed by atoms with Crippen molar-refractivity contribution in [2.24, 2.45) is 22.8 Å². The fraction of sp³-hybridized carbons (Fsp3) is 0.786. The van der Waals surface area contributed by atoms with Gasteiger partial charge in [-0.25, -0.2) is 4.68 Å². The number of hydrogen-bond donors (Lipinski definition) is 4. The van der Waals surface area contributed by atoms with E-state index in [0.29, 0.717) is 30.9 Å². The normalized spacial score (nSPS) is 25.9. The van der Waals surface area contributed by atoms with E-state index in [-0.39, 0.29) is 36.7 Å². The van der Waals surface area contributed by atoms with Crippen LogP contribution in [0.3, 0.4) is 0 Å². The first-order valence-corrected chi connectivity index (χ1v) is 14.7. The first-order chi connectivity index (χ1) is 18.8. The minimum Gasteiger partial charge on any atom is -0.384 e. The Balaban J connectivity index is 0.00000387. The van der Waals surface area contributed by atoms with Crippen LogP contribution >= 0.6 is 12.4 Å². The summed E-state index contributed by atoms with van der Waals surface area (Å²) in [7, 11) is 0. The van der Waals surface area contributed by atoms with Crippen molar-refractivity contribution in [3.05, 3.63) is 11.9 Å². The van der Waals surface area contributed by atoms with E-state index < -0.39 is 46.9 Å². The van der Waals surface area contributed by atoms with E-state index in [9.17, 15) is 24.3 Å². The predicted molar refractivity (Wildman–Crippen MR) is 151 cm³/mol. The quantitative estimate of drug-likeness (QED) is 0.308. The molecule has 3 amide bonds. The van der Waals surface area contributed by atoms with Crippen LogP contribution in [0.4, 0.5) is 0 Å². The summed E-state index contributed by atoms with van der Waals surface area (Å²) in [5.41, 5.74) is 9.70. The summed E-state index contributed by atoms with van der Waals surface area (Å²) in [4.78, 5) is 54.0. The maximum absolute atomic E-state index is 13.9. The van der Waals surface area contributed by atoms with Gasteiger partial charge in [0.25, 0.3) is 5.91 Å². The van der Waals surface area contributed by atoms with Gasteiger partial charge in [-0.3, -0.25) is 19.2 Å². The molecule has 5 rings (SSSR count). The third kappa shape index (κ3) is 6.01. The highest BCUT2D eigenvalue weighted by Crippen LogP contribution is 2.60. The van der Waals surface area contributed by atoms with E-state index in [0.717, 1.165) is 44.9 Å². The molecule has 4 fully saturated rings. The summed E-state index contributed by atoms with van der Waals surface area (Å²) in [6, 6.07) is -2.12. The molecule has 0 aromatic carbocycles. The lowest BCUT2D eigenvalue weighted by Crippen LogP contribution is -2.71. The minimum atomic E-state index is -1.34. The Morgan fingerprint density at radius 1 is 1.15 bits per heavy atom. The second kappa shape index (κ2) is 11.6. The number of ketones is 1. The number of nitrogens with zero attached hydrogens (tertiary/aromatic N) is 4. The van der Waals surface area contributed by atoms with Gasteiger partial charge in [0.2, 0.25) is 17.6 Å². The Kier molecular flexibility index (Phi) is 8.88. The second-order valence-electron chi connectivity index (χ2n) is 13.3. The van der Waals surface area contributed by atoms with Gasteiger partial charge in [-0.15, -0.1) is 17.5 Å². The number of halogens is 1. The number of primary amides is 1. The third-order valence-electron chi connectivity index (χ3n) is 9.83. The number of rotatable bonds is 9. The molecule has 1 spiro atoms. The maximum atomic E-state index is 13.9. The lowest BCUT2D eigenvalue weighted by molar-refractivity contribution is -0.156. The van der Waals surface area contributed by atoms with Crippen LogP contribution in [0.2, 0.25) is 0 Å². The Morgan fingerprint density at radius 2 is 1.80 bits per heavy atom. The summed E-state index contributed by atoms with van der Waals surface area (Å²) in [5.74, 6) is -2.31. The van der Waals surface area contributed by atoms with E-state index in [2.05, 4.69) is 15.6 Å². The molecule has 1 aromatic heterocycles. The number of carbonyl (C=O) groups is 4. The standard InChI is InChI=1S/C28H43N7O5.ClH/c1-26(2,40)21-13-31-33-35(21)18-12-20(34(14-18)25(39)19(29)11-17-7-4-3-5-8-17)24(38)32-28(22(36)23(30)37)15-27(16-28)9-6-10-27;/h13,17-20,40H,3-12,14-16,29H2,1-2H3,(H2,30,37)(H,32,38);1H/t18?,19-,20?;/m1./s1. The van der Waals surface area contributed by atoms with E-state index in [1.165, 1.54) is 17.5 Å². The van der Waals surface area contributed by atoms with Crippen LogP contribution in [0.1, 0.15) is 103 Å². The summed E-state index contributed by atoms with van der Waals surface area (Å²) in [6.45, 7) is 3.40. The summed E-state index contributed by atoms with van der Waals surface area (Å²) >= 11 is 0. The van der Waals surface area contributed by atoms with Gasteiger partial charge in [-0.05, 0) is 57.3 Å². The van der Waals surface area contributed by atoms with Crippen molar-refractivity contribution < 1.29 is 24.3 Å². The van der Waals surface area contributed by atoms with Crippen LogP contribution in [0.15, 0.2) is 6.20 Å². The van der Waals surface area contributed by atoms with Crippen molar-refractivity contribution in [2.75, 3.05) is 6.54 Å². The van der Waals surface area contributed by atoms with Gasteiger partial charge >= 0.3 is 0 Å². The fourth-order valence-corrected chi connectivity index (χ4v) is 7.65. The van der Waals surface area contributed by atoms with Crippen LogP contribution in [0, 0.1) is 11.3 Å². The largest absolute Gasteiger partial charge is 0.384 e. The van der Waals surface area contributed by atoms with Gasteiger partial charge in [-0.1, -0.05) is 43.7 Å². The zero-order valence-corrected chi connectivity index (χ0v) is 24.8. The Hall–Kier alpha value is -2.57. The SMILES string of the molecule is CC(C)(O)c1cnnn1C1CC(C(=O)NC2(C(=O)C(N)=O)CC3(CCC3)C2)N(C(=O)[C@H](N)CC2CCCCC2)C1.Cl. The lowest BCUT2D eigenvalue weighted by atomic mass is 9.47. The van der Waals surface area contributed by atoms with Gasteiger partial charge in [0, 0.05) is 13.0 Å². The molecule has 0 bridgehead atoms. The highest BCUT2D eigenvalue weighted by Gasteiger charge is 2.63. The molecule has 3 aliphatic carbocycles. The Labute approximate surface area is 246 Å². The van der Waals surface area contributed by atoms with Crippen LogP contribution in [0.5, 0.6) is 0 Å². The molecule has 1 aliphatic heterocycles. The average Bonchev–Trinajstić information content (AvgIpc) is 3.52. The van der Waals surface area contributed by atoms with E-state index in [1.807, 2.05) is 0 Å². The summed E-state index contributed by atoms with van der Waals surface area (Å²) < 4.78 is 1.57. The number of Topliss-reactive ketones (excluding diaryl/α,β-unsaturated/α-hetero) is 1. The highest BCUT2D eigenvalue weighted by atomic mass is 35.5. The topological polar surface area (TPSA) is 187 Å². The summed E-state index contributed by atoms with van der Waals surface area (Å²) in [6.07, 6.45) is 11.5. The number of amides is 3. The van der Waals surface area contributed by atoms with Crippen molar-refractivity contribution in [3.63, 3.8) is 0 Å². The molecule has 1 aromatic rings. The number of likely N-dealkylation sites (tertiary alicyclic amines) is 1. The Morgan fingerprint density at radius 3 is 2.37 bits per heavy atom. The number of aliphatic hydroxyl groups is 1. The number of carbonyl (C=O) groups excluding carboxylic acids is 4. The van der Waals surface area contributed by atoms with Crippen LogP contribution in [0.25, 0.3) is 0 Å². The van der Waals surface area contributed by atoms with E-state index in [4.69, 9.17) is 11.5 Å². The number of nitrogens with one attached hydrogen (secondary N) is 1. The van der Waals surface area contributed by atoms with Crippen LogP contribution < -0.4 is 16.8 Å². The molecule has 3 saturated carbocycles. The molecule has 12 nitrogen and oxygen atoms in total. The fourth-order valence-electron chi connectivity index (χ4n) is 7.65. The van der Waals surface area contributed by atoms with Crippen molar-refractivity contribution in [1.82, 2.24) is 25.2 Å². The van der Waals surface area contributed by atoms with Gasteiger partial charge < -0.3 is 26.8 Å². The molecular weight excluding hydrogens is 550 g/mol. The molecule has 6 N–H and O–H groups in total. The molecule has 2 heterocycles. The van der Waals surface area contributed by atoms with E-state index >= 15 is 0 Å². The van der Waals surface area contributed by atoms with Gasteiger partial charge in [0.1, 0.15) is 17.2 Å². The van der Waals surface area contributed by atoms with Crippen LogP contribution in [-0.4, -0.2) is 72.7 Å². The first-order valence-electron chi connectivity index (χ1n) is 14.7. The average molecular weight is 594 g/mol. The zero-order chi connectivity index (χ0) is 28.9. The molecule has 3 atom stereocenters. The molecule has 0 radical (unpaired) electrons. The molecule has 13 heteroatoms. The smallest absolute Gasteiger partial charge is 0.287 e. The van der Waals surface area contributed by atoms with Crippen molar-refractivity contribution in [2.45, 2.75) is 120 Å². The number of aromatic nitrogens is 3. The first kappa shape index (κ1) is 31.4. The van der Waals surface area contributed by atoms with Gasteiger partial charge in [0.05, 0.1) is 24.0 Å². The molecular formula is C28H44ClN7O5. The monoisotopic (exact) mass is 593 g/mol. The third-order valence-corrected chi connectivity index (χ3v) is 9.83. The second-order valence-corrected chi connectivity index (χ2v) is 13.3. The lowest BCUT2D eigenvalue weighted by Gasteiger charge is -2.60. The van der Waals surface area contributed by atoms with Crippen molar-refractivity contribution >= 4 is 35.9 Å². The minimum absolute atomic E-state index is 0. The summed E-state index contributed by atoms with van der Waals surface area (Å²) in [5, 5.41) is 21.7. The Bertz CT molecular complexity index is 1160. The maximum Gasteiger partial charge on any atom is 0.287 e. The molecule has 228 valence electrons. The van der Waals surface area contributed by atoms with Crippen molar-refractivity contribution in [3.8, 4) is 0 Å². The van der Waals surface area contributed by atoms with E-state index in [1.54, 1.807) is 18.5 Å². The number of hydrogen-bond acceptors (Lipinski definition) is 8. The zero-order valence-electron chi connectivity index (χ0n) is 24.0. The number of nitrogens with two attached hydrogens (primary N) is 2. The van der Waals surface area contributed by atoms with Gasteiger partial charge in [0.15, 0.2) is 0 Å².